The third-order valence-corrected chi connectivity index (χ3v) is 2.19. The molecule has 0 heterocycles. The first-order valence-corrected chi connectivity index (χ1v) is 5.28. The van der Waals surface area contributed by atoms with Crippen molar-refractivity contribution in [1.82, 2.24) is 4.90 Å². The summed E-state index contributed by atoms with van der Waals surface area (Å²) in [4.78, 5) is 13.3. The molecule has 15 heavy (non-hydrogen) atoms. The first kappa shape index (κ1) is 13.9. The van der Waals surface area contributed by atoms with Crippen LogP contribution in [0.5, 0.6) is 0 Å². The van der Waals surface area contributed by atoms with Gasteiger partial charge in [-0.2, -0.15) is 5.26 Å². The molecule has 2 N–H and O–H groups in total. The number of carbonyl (C=O) groups is 1. The lowest BCUT2D eigenvalue weighted by atomic mass is 10.0. The zero-order chi connectivity index (χ0) is 12.0. The average molecular weight is 211 g/mol. The minimum absolute atomic E-state index is 0.0780. The lowest BCUT2D eigenvalue weighted by molar-refractivity contribution is -0.131. The highest BCUT2D eigenvalue weighted by atomic mass is 16.2. The minimum Gasteiger partial charge on any atom is -0.343 e. The van der Waals surface area contributed by atoms with Gasteiger partial charge in [-0.3, -0.25) is 4.79 Å². The number of nitriles is 1. The molecule has 0 aromatic heterocycles. The van der Waals surface area contributed by atoms with Crippen molar-refractivity contribution in [3.05, 3.63) is 0 Å². The fraction of sp³-hybridized carbons (Fsp3) is 0.818. The van der Waals surface area contributed by atoms with E-state index in [-0.39, 0.29) is 11.8 Å². The van der Waals surface area contributed by atoms with E-state index in [1.807, 2.05) is 13.8 Å². The summed E-state index contributed by atoms with van der Waals surface area (Å²) in [6, 6.07) is 1.65. The second kappa shape index (κ2) is 6.41. The second-order valence-corrected chi connectivity index (χ2v) is 4.48. The van der Waals surface area contributed by atoms with Crippen LogP contribution in [0.3, 0.4) is 0 Å². The zero-order valence-electron chi connectivity index (χ0n) is 10.0. The summed E-state index contributed by atoms with van der Waals surface area (Å²) in [7, 11) is 1.69. The molecule has 86 valence electrons. The molecule has 0 aromatic carbocycles. The Morgan fingerprint density at radius 1 is 1.47 bits per heavy atom. The summed E-state index contributed by atoms with van der Waals surface area (Å²) in [5.74, 6) is 0.182. The van der Waals surface area contributed by atoms with Crippen molar-refractivity contribution in [3.8, 4) is 6.07 Å². The molecule has 0 aliphatic carbocycles. The van der Waals surface area contributed by atoms with Gasteiger partial charge in [0, 0.05) is 13.6 Å². The van der Waals surface area contributed by atoms with E-state index < -0.39 is 6.04 Å². The van der Waals surface area contributed by atoms with Crippen LogP contribution >= 0.6 is 0 Å². The van der Waals surface area contributed by atoms with Crippen LogP contribution in [0.1, 0.15) is 27.2 Å². The summed E-state index contributed by atoms with van der Waals surface area (Å²) >= 11 is 0. The van der Waals surface area contributed by atoms with E-state index in [2.05, 4.69) is 6.07 Å². The highest BCUT2D eigenvalue weighted by molar-refractivity contribution is 5.81. The normalized spacial score (nSPS) is 14.5. The van der Waals surface area contributed by atoms with Crippen LogP contribution in [0.15, 0.2) is 0 Å². The molecule has 0 aromatic rings. The molecule has 0 fully saturated rings. The molecule has 1 amide bonds. The number of carbonyl (C=O) groups excluding carboxylic acids is 1. The molecule has 0 rings (SSSR count). The third-order valence-electron chi connectivity index (χ3n) is 2.19. The molecule has 2 atom stereocenters. The van der Waals surface area contributed by atoms with Crippen LogP contribution in [0.25, 0.3) is 0 Å². The molecular weight excluding hydrogens is 190 g/mol. The van der Waals surface area contributed by atoms with Crippen molar-refractivity contribution in [2.75, 3.05) is 13.6 Å². The smallest absolute Gasteiger partial charge is 0.239 e. The van der Waals surface area contributed by atoms with Gasteiger partial charge in [-0.25, -0.2) is 0 Å². The van der Waals surface area contributed by atoms with Gasteiger partial charge in [-0.1, -0.05) is 13.8 Å². The van der Waals surface area contributed by atoms with E-state index in [1.54, 1.807) is 18.9 Å². The largest absolute Gasteiger partial charge is 0.343 e. The van der Waals surface area contributed by atoms with Crippen LogP contribution in [-0.2, 0) is 4.79 Å². The Morgan fingerprint density at radius 3 is 2.40 bits per heavy atom. The number of likely N-dealkylation sites (N-methyl/N-ethyl adjacent to an activating group) is 1. The molecule has 1 unspecified atom stereocenters. The molecular formula is C11H21N3O. The Balaban J connectivity index is 4.14. The first-order valence-electron chi connectivity index (χ1n) is 5.28. The maximum Gasteiger partial charge on any atom is 0.239 e. The minimum atomic E-state index is -0.444. The van der Waals surface area contributed by atoms with Crippen LogP contribution in [0.2, 0.25) is 0 Å². The molecule has 4 nitrogen and oxygen atoms in total. The summed E-state index contributed by atoms with van der Waals surface area (Å²) in [6.07, 6.45) is 0.685. The van der Waals surface area contributed by atoms with E-state index >= 15 is 0 Å². The highest BCUT2D eigenvalue weighted by Crippen LogP contribution is 2.06. The number of hydrogen-bond acceptors (Lipinski definition) is 3. The summed E-state index contributed by atoms with van der Waals surface area (Å²) in [6.45, 7) is 6.30. The molecule has 0 saturated carbocycles. The Morgan fingerprint density at radius 2 is 2.00 bits per heavy atom. The van der Waals surface area contributed by atoms with Crippen molar-refractivity contribution in [2.45, 2.75) is 33.2 Å². The van der Waals surface area contributed by atoms with Gasteiger partial charge in [0.1, 0.15) is 0 Å². The number of hydrogen-bond donors (Lipinski definition) is 1. The molecule has 0 spiro atoms. The summed E-state index contributed by atoms with van der Waals surface area (Å²) in [5, 5.41) is 8.63. The first-order chi connectivity index (χ1) is 6.88. The van der Waals surface area contributed by atoms with Gasteiger partial charge in [0.05, 0.1) is 18.0 Å². The van der Waals surface area contributed by atoms with Crippen molar-refractivity contribution in [3.63, 3.8) is 0 Å². The third kappa shape index (κ3) is 5.38. The Bertz CT molecular complexity index is 245. The van der Waals surface area contributed by atoms with Gasteiger partial charge >= 0.3 is 0 Å². The fourth-order valence-electron chi connectivity index (χ4n) is 1.43. The topological polar surface area (TPSA) is 70.1 Å². The lowest BCUT2D eigenvalue weighted by Crippen LogP contribution is -2.43. The SMILES string of the molecule is CC(C)C[C@@H](N)C(=O)N(C)CC(C)C#N. The predicted octanol–water partition coefficient (Wildman–Crippen LogP) is 0.978. The average Bonchev–Trinajstić information content (AvgIpc) is 2.15. The van der Waals surface area contributed by atoms with Gasteiger partial charge in [-0.05, 0) is 19.3 Å². The number of nitrogens with two attached hydrogens (primary N) is 1. The quantitative estimate of drug-likeness (QED) is 0.737. The van der Waals surface area contributed by atoms with Gasteiger partial charge in [0.25, 0.3) is 0 Å². The van der Waals surface area contributed by atoms with Crippen LogP contribution < -0.4 is 5.73 Å². The van der Waals surface area contributed by atoms with Gasteiger partial charge in [0.2, 0.25) is 5.91 Å². The number of amides is 1. The van der Waals surface area contributed by atoms with E-state index in [0.717, 1.165) is 0 Å². The van der Waals surface area contributed by atoms with Crippen molar-refractivity contribution in [2.24, 2.45) is 17.6 Å². The molecule has 0 aliphatic rings. The number of rotatable bonds is 5. The van der Waals surface area contributed by atoms with E-state index in [4.69, 9.17) is 11.0 Å². The number of nitrogens with zero attached hydrogens (tertiary/aromatic N) is 2. The maximum absolute atomic E-state index is 11.7. The zero-order valence-corrected chi connectivity index (χ0v) is 10.0. The molecule has 0 aliphatic heterocycles. The Kier molecular flexibility index (Phi) is 5.95. The van der Waals surface area contributed by atoms with Crippen molar-refractivity contribution in [1.29, 1.82) is 5.26 Å². The standard InChI is InChI=1S/C11H21N3O/c1-8(2)5-10(13)11(15)14(4)7-9(3)6-12/h8-10H,5,7,13H2,1-4H3/t9?,10-/m1/s1. The maximum atomic E-state index is 11.7. The van der Waals surface area contributed by atoms with Crippen molar-refractivity contribution >= 4 is 5.91 Å². The van der Waals surface area contributed by atoms with Crippen LogP contribution in [-0.4, -0.2) is 30.4 Å². The van der Waals surface area contributed by atoms with E-state index in [9.17, 15) is 4.79 Å². The highest BCUT2D eigenvalue weighted by Gasteiger charge is 2.20. The Labute approximate surface area is 92.0 Å². The van der Waals surface area contributed by atoms with Gasteiger partial charge in [-0.15, -0.1) is 0 Å². The predicted molar refractivity (Wildman–Crippen MR) is 59.8 cm³/mol. The monoisotopic (exact) mass is 211 g/mol. The molecule has 0 radical (unpaired) electrons. The molecule has 0 saturated heterocycles. The van der Waals surface area contributed by atoms with Crippen LogP contribution in [0.4, 0.5) is 0 Å². The molecule has 0 bridgehead atoms. The fourth-order valence-corrected chi connectivity index (χ4v) is 1.43. The van der Waals surface area contributed by atoms with Gasteiger partial charge < -0.3 is 10.6 Å². The summed E-state index contributed by atoms with van der Waals surface area (Å²) < 4.78 is 0. The van der Waals surface area contributed by atoms with E-state index in [0.29, 0.717) is 18.9 Å². The summed E-state index contributed by atoms with van der Waals surface area (Å²) in [5.41, 5.74) is 5.76. The molecule has 4 heteroatoms. The Hall–Kier alpha value is -1.08. The van der Waals surface area contributed by atoms with Gasteiger partial charge in [0.15, 0.2) is 0 Å². The van der Waals surface area contributed by atoms with Crippen molar-refractivity contribution < 1.29 is 4.79 Å². The second-order valence-electron chi connectivity index (χ2n) is 4.48. The lowest BCUT2D eigenvalue weighted by Gasteiger charge is -2.23. The van der Waals surface area contributed by atoms with E-state index in [1.165, 1.54) is 0 Å². The van der Waals surface area contributed by atoms with Crippen LogP contribution in [0, 0.1) is 23.2 Å².